The Morgan fingerprint density at radius 2 is 1.14 bits per heavy atom. The van der Waals surface area contributed by atoms with Gasteiger partial charge < -0.3 is 4.90 Å². The zero-order chi connectivity index (χ0) is 34.2. The predicted molar refractivity (Wildman–Crippen MR) is 192 cm³/mol. The first-order valence-corrected chi connectivity index (χ1v) is 15.9. The summed E-state index contributed by atoms with van der Waals surface area (Å²) in [6, 6.07) is 47.6. The standard InChI is InChI=1S/C42H33N3O4/c1-3-48-49-45-41(46)39(30(2)40(29-43)42(45)47)16-10-11-31-17-23-36(24-18-31)44(37-25-19-34(20-26-37)32-12-6-4-7-13-32)38-27-21-35(22-28-38)33-14-8-5-9-15-33/h4-28H,3H2,1-2H3/b11-10+,39-16-. The smallest absolute Gasteiger partial charge is 0.298 e. The molecule has 49 heavy (non-hydrogen) atoms. The number of anilines is 3. The molecule has 0 aliphatic carbocycles. The summed E-state index contributed by atoms with van der Waals surface area (Å²) in [6.07, 6.45) is 5.12. The maximum Gasteiger partial charge on any atom is 0.298 e. The van der Waals surface area contributed by atoms with E-state index in [1.54, 1.807) is 26.0 Å². The van der Waals surface area contributed by atoms with Crippen molar-refractivity contribution in [2.45, 2.75) is 13.8 Å². The van der Waals surface area contributed by atoms with Crippen LogP contribution in [0.5, 0.6) is 0 Å². The van der Waals surface area contributed by atoms with E-state index < -0.39 is 11.8 Å². The summed E-state index contributed by atoms with van der Waals surface area (Å²) >= 11 is 0. The van der Waals surface area contributed by atoms with Gasteiger partial charge in [0.25, 0.3) is 11.8 Å². The van der Waals surface area contributed by atoms with Crippen molar-refractivity contribution in [1.82, 2.24) is 5.06 Å². The van der Waals surface area contributed by atoms with Crippen molar-refractivity contribution < 1.29 is 19.5 Å². The molecule has 0 spiro atoms. The summed E-state index contributed by atoms with van der Waals surface area (Å²) in [7, 11) is 0. The number of hydroxylamine groups is 2. The van der Waals surface area contributed by atoms with Gasteiger partial charge in [0.1, 0.15) is 11.6 Å². The van der Waals surface area contributed by atoms with Gasteiger partial charge in [-0.25, -0.2) is 4.89 Å². The van der Waals surface area contributed by atoms with Gasteiger partial charge in [0.05, 0.1) is 6.61 Å². The number of nitriles is 1. The Hall–Kier alpha value is -6.33. The van der Waals surface area contributed by atoms with Crippen molar-refractivity contribution in [2.24, 2.45) is 0 Å². The van der Waals surface area contributed by atoms with Crippen molar-refractivity contribution in [3.05, 3.63) is 168 Å². The third-order valence-electron chi connectivity index (χ3n) is 8.12. The maximum absolute atomic E-state index is 13.0. The molecule has 0 bridgehead atoms. The molecule has 0 saturated heterocycles. The third-order valence-corrected chi connectivity index (χ3v) is 8.12. The Kier molecular flexibility index (Phi) is 10.0. The van der Waals surface area contributed by atoms with Crippen molar-refractivity contribution >= 4 is 35.0 Å². The predicted octanol–water partition coefficient (Wildman–Crippen LogP) is 9.52. The Labute approximate surface area is 285 Å². The lowest BCUT2D eigenvalue weighted by Gasteiger charge is -2.26. The molecule has 5 aromatic rings. The maximum atomic E-state index is 13.0. The molecule has 7 heteroatoms. The molecule has 0 radical (unpaired) electrons. The molecule has 240 valence electrons. The van der Waals surface area contributed by atoms with Crippen LogP contribution in [0.25, 0.3) is 28.3 Å². The SMILES string of the molecule is CCOON1C(=O)C(C#N)=C(C)/C(=C/C=C/c2ccc(N(c3ccc(-c4ccccc4)cc3)c3ccc(-c4ccccc4)cc3)cc2)C1=O. The number of nitrogens with zero attached hydrogens (tertiary/aromatic N) is 3. The first-order chi connectivity index (χ1) is 24.0. The van der Waals surface area contributed by atoms with Crippen LogP contribution in [0.3, 0.4) is 0 Å². The molecule has 1 aliphatic rings. The summed E-state index contributed by atoms with van der Waals surface area (Å²) in [5.74, 6) is -1.56. The Bertz CT molecular complexity index is 1990. The van der Waals surface area contributed by atoms with Crippen LogP contribution in [0.4, 0.5) is 17.1 Å². The van der Waals surface area contributed by atoms with E-state index in [-0.39, 0.29) is 23.3 Å². The van der Waals surface area contributed by atoms with Crippen LogP contribution in [0.1, 0.15) is 19.4 Å². The highest BCUT2D eigenvalue weighted by molar-refractivity contribution is 6.17. The number of amides is 2. The zero-order valence-corrected chi connectivity index (χ0v) is 27.1. The molecule has 1 heterocycles. The van der Waals surface area contributed by atoms with Gasteiger partial charge in [-0.1, -0.05) is 109 Å². The summed E-state index contributed by atoms with van der Waals surface area (Å²) in [5.41, 5.74) is 8.73. The van der Waals surface area contributed by atoms with Crippen LogP contribution in [0, 0.1) is 11.3 Å². The number of carbonyl (C=O) groups excluding carboxylic acids is 2. The highest BCUT2D eigenvalue weighted by Crippen LogP contribution is 2.37. The van der Waals surface area contributed by atoms with E-state index >= 15 is 0 Å². The second-order valence-corrected chi connectivity index (χ2v) is 11.2. The average molecular weight is 644 g/mol. The van der Waals surface area contributed by atoms with Crippen LogP contribution in [0.15, 0.2) is 162 Å². The average Bonchev–Trinajstić information content (AvgIpc) is 3.15. The van der Waals surface area contributed by atoms with Gasteiger partial charge in [-0.05, 0) is 89.7 Å². The van der Waals surface area contributed by atoms with E-state index in [0.717, 1.165) is 44.9 Å². The minimum atomic E-state index is -0.857. The zero-order valence-electron chi connectivity index (χ0n) is 27.1. The number of imide groups is 1. The van der Waals surface area contributed by atoms with Crippen molar-refractivity contribution in [1.29, 1.82) is 5.26 Å². The minimum absolute atomic E-state index is 0.117. The molecule has 0 unspecified atom stereocenters. The second kappa shape index (κ2) is 15.1. The number of carbonyl (C=O) groups is 2. The van der Waals surface area contributed by atoms with E-state index in [1.165, 1.54) is 0 Å². The first kappa shape index (κ1) is 32.6. The Morgan fingerprint density at radius 1 is 0.673 bits per heavy atom. The molecule has 2 amide bonds. The van der Waals surface area contributed by atoms with Crippen LogP contribution in [-0.4, -0.2) is 23.5 Å². The lowest BCUT2D eigenvalue weighted by Crippen LogP contribution is -2.42. The van der Waals surface area contributed by atoms with E-state index in [2.05, 4.69) is 77.7 Å². The normalized spacial score (nSPS) is 14.1. The Balaban J connectivity index is 1.30. The monoisotopic (exact) mass is 643 g/mol. The highest BCUT2D eigenvalue weighted by atomic mass is 17.3. The van der Waals surface area contributed by atoms with Crippen molar-refractivity contribution in [3.8, 4) is 28.3 Å². The van der Waals surface area contributed by atoms with Gasteiger partial charge in [-0.2, -0.15) is 5.26 Å². The fourth-order valence-electron chi connectivity index (χ4n) is 5.56. The Morgan fingerprint density at radius 3 is 1.61 bits per heavy atom. The lowest BCUT2D eigenvalue weighted by atomic mass is 9.96. The minimum Gasteiger partial charge on any atom is -0.311 e. The van der Waals surface area contributed by atoms with Gasteiger partial charge in [0, 0.05) is 22.6 Å². The van der Waals surface area contributed by atoms with Gasteiger partial charge in [0.15, 0.2) is 0 Å². The largest absolute Gasteiger partial charge is 0.311 e. The summed E-state index contributed by atoms with van der Waals surface area (Å²) in [5, 5.41) is 10.0. The van der Waals surface area contributed by atoms with Gasteiger partial charge in [-0.15, -0.1) is 10.1 Å². The molecule has 6 rings (SSSR count). The highest BCUT2D eigenvalue weighted by Gasteiger charge is 2.37. The fraction of sp³-hybridized carbons (Fsp3) is 0.0714. The van der Waals surface area contributed by atoms with Crippen LogP contribution >= 0.6 is 0 Å². The molecule has 0 N–H and O–H groups in total. The summed E-state index contributed by atoms with van der Waals surface area (Å²) in [4.78, 5) is 37.4. The quantitative estimate of drug-likeness (QED) is 0.0653. The number of hydrogen-bond acceptors (Lipinski definition) is 6. The van der Waals surface area contributed by atoms with E-state index in [1.807, 2.05) is 72.8 Å². The van der Waals surface area contributed by atoms with Gasteiger partial charge in [-0.3, -0.25) is 9.59 Å². The molecule has 1 aliphatic heterocycles. The lowest BCUT2D eigenvalue weighted by molar-refractivity contribution is -0.392. The summed E-state index contributed by atoms with van der Waals surface area (Å²) in [6.45, 7) is 3.33. The molecule has 0 saturated carbocycles. The summed E-state index contributed by atoms with van der Waals surface area (Å²) < 4.78 is 0. The fourth-order valence-corrected chi connectivity index (χ4v) is 5.56. The number of allylic oxidation sites excluding steroid dienone is 2. The van der Waals surface area contributed by atoms with E-state index in [9.17, 15) is 14.9 Å². The number of rotatable bonds is 10. The van der Waals surface area contributed by atoms with Crippen LogP contribution in [0.2, 0.25) is 0 Å². The van der Waals surface area contributed by atoms with Crippen LogP contribution < -0.4 is 4.90 Å². The molecule has 7 nitrogen and oxygen atoms in total. The molecule has 0 fully saturated rings. The molecule has 5 aromatic carbocycles. The van der Waals surface area contributed by atoms with Gasteiger partial charge >= 0.3 is 0 Å². The molecular weight excluding hydrogens is 610 g/mol. The first-order valence-electron chi connectivity index (χ1n) is 15.9. The second-order valence-electron chi connectivity index (χ2n) is 11.2. The van der Waals surface area contributed by atoms with Crippen molar-refractivity contribution in [2.75, 3.05) is 11.5 Å². The number of hydrogen-bond donors (Lipinski definition) is 0. The third kappa shape index (κ3) is 7.16. The molecular formula is C42H33N3O4. The number of benzene rings is 5. The van der Waals surface area contributed by atoms with E-state index in [4.69, 9.17) is 9.88 Å². The molecule has 0 atom stereocenters. The van der Waals surface area contributed by atoms with Crippen LogP contribution in [-0.2, 0) is 19.5 Å². The van der Waals surface area contributed by atoms with Gasteiger partial charge in [0.2, 0.25) is 0 Å². The van der Waals surface area contributed by atoms with Crippen molar-refractivity contribution in [3.63, 3.8) is 0 Å². The topological polar surface area (TPSA) is 82.9 Å². The molecule has 0 aromatic heterocycles. The van der Waals surface area contributed by atoms with E-state index in [0.29, 0.717) is 5.06 Å².